The summed E-state index contributed by atoms with van der Waals surface area (Å²) in [5.74, 6) is 1.11. The number of carbonyl (C=O) groups is 1. The average molecular weight is 379 g/mol. The van der Waals surface area contributed by atoms with Gasteiger partial charge in [-0.3, -0.25) is 4.79 Å². The van der Waals surface area contributed by atoms with E-state index in [1.165, 1.54) is 0 Å². The van der Waals surface area contributed by atoms with Crippen molar-refractivity contribution in [3.8, 4) is 17.2 Å². The van der Waals surface area contributed by atoms with Gasteiger partial charge in [0, 0.05) is 24.5 Å². The lowest BCUT2D eigenvalue weighted by molar-refractivity contribution is 0.0953. The highest BCUT2D eigenvalue weighted by atomic mass is 16.5. The van der Waals surface area contributed by atoms with Crippen molar-refractivity contribution in [1.29, 1.82) is 0 Å². The van der Waals surface area contributed by atoms with Crippen LogP contribution in [0.2, 0.25) is 0 Å². The number of nitrogens with one attached hydrogen (secondary N) is 1. The number of carbonyl (C=O) groups excluding carboxylic acids is 1. The Hall–Kier alpha value is -3.28. The first-order chi connectivity index (χ1) is 13.7. The van der Waals surface area contributed by atoms with Crippen LogP contribution in [0.5, 0.6) is 11.5 Å². The predicted molar refractivity (Wildman–Crippen MR) is 108 cm³/mol. The van der Waals surface area contributed by atoms with E-state index in [2.05, 4.69) is 10.4 Å². The molecular weight excluding hydrogens is 354 g/mol. The van der Waals surface area contributed by atoms with Crippen LogP contribution in [0.1, 0.15) is 29.8 Å². The van der Waals surface area contributed by atoms with Gasteiger partial charge >= 0.3 is 0 Å². The molecule has 0 bridgehead atoms. The van der Waals surface area contributed by atoms with Crippen LogP contribution in [0, 0.1) is 0 Å². The number of hydrogen-bond acceptors (Lipinski definition) is 4. The minimum atomic E-state index is -0.128. The predicted octanol–water partition coefficient (Wildman–Crippen LogP) is 3.64. The highest BCUT2D eigenvalue weighted by Gasteiger charge is 2.11. The van der Waals surface area contributed by atoms with Crippen LogP contribution in [-0.2, 0) is 6.42 Å². The van der Waals surface area contributed by atoms with Crippen molar-refractivity contribution < 1.29 is 14.3 Å². The minimum Gasteiger partial charge on any atom is -0.490 e. The second-order valence-electron chi connectivity index (χ2n) is 6.15. The third-order valence-corrected chi connectivity index (χ3v) is 4.21. The lowest BCUT2D eigenvalue weighted by Gasteiger charge is -2.12. The number of aromatic nitrogens is 2. The van der Waals surface area contributed by atoms with Crippen molar-refractivity contribution in [2.45, 2.75) is 20.3 Å². The van der Waals surface area contributed by atoms with E-state index in [0.717, 1.165) is 17.7 Å². The fourth-order valence-corrected chi connectivity index (χ4v) is 2.85. The van der Waals surface area contributed by atoms with Gasteiger partial charge in [0.15, 0.2) is 11.5 Å². The van der Waals surface area contributed by atoms with E-state index in [9.17, 15) is 4.79 Å². The van der Waals surface area contributed by atoms with E-state index >= 15 is 0 Å². The van der Waals surface area contributed by atoms with Gasteiger partial charge in [0.1, 0.15) is 0 Å². The van der Waals surface area contributed by atoms with Gasteiger partial charge in [-0.15, -0.1) is 0 Å². The molecule has 0 unspecified atom stereocenters. The first-order valence-corrected chi connectivity index (χ1v) is 9.48. The summed E-state index contributed by atoms with van der Waals surface area (Å²) in [7, 11) is 0. The van der Waals surface area contributed by atoms with E-state index in [-0.39, 0.29) is 5.91 Å². The van der Waals surface area contributed by atoms with Gasteiger partial charge in [-0.1, -0.05) is 12.1 Å². The molecule has 0 aliphatic rings. The summed E-state index contributed by atoms with van der Waals surface area (Å²) in [6.07, 6.45) is 4.41. The highest BCUT2D eigenvalue weighted by molar-refractivity contribution is 5.94. The van der Waals surface area contributed by atoms with E-state index in [4.69, 9.17) is 9.47 Å². The van der Waals surface area contributed by atoms with Crippen molar-refractivity contribution in [2.24, 2.45) is 0 Å². The zero-order valence-electron chi connectivity index (χ0n) is 16.2. The number of nitrogens with zero attached hydrogens (tertiary/aromatic N) is 2. The second-order valence-corrected chi connectivity index (χ2v) is 6.15. The third-order valence-electron chi connectivity index (χ3n) is 4.21. The van der Waals surface area contributed by atoms with E-state index < -0.39 is 0 Å². The molecule has 0 aliphatic heterocycles. The Balaban J connectivity index is 1.56. The molecule has 3 rings (SSSR count). The zero-order chi connectivity index (χ0) is 19.8. The normalized spacial score (nSPS) is 10.5. The number of ether oxygens (including phenoxy) is 2. The summed E-state index contributed by atoms with van der Waals surface area (Å²) < 4.78 is 12.9. The maximum Gasteiger partial charge on any atom is 0.251 e. The van der Waals surface area contributed by atoms with Crippen molar-refractivity contribution in [1.82, 2.24) is 15.1 Å². The van der Waals surface area contributed by atoms with Crippen LogP contribution in [0.4, 0.5) is 0 Å². The Kier molecular flexibility index (Phi) is 6.68. The fourth-order valence-electron chi connectivity index (χ4n) is 2.85. The molecule has 0 saturated heterocycles. The molecular formula is C22H25N3O3. The van der Waals surface area contributed by atoms with Gasteiger partial charge < -0.3 is 14.8 Å². The zero-order valence-corrected chi connectivity index (χ0v) is 16.2. The standard InChI is InChI=1S/C22H25N3O3/c1-3-27-20-11-8-18(16-21(20)28-4-2)22(26)23-14-12-17-6-9-19(10-7-17)25-15-5-13-24-25/h5-11,13,15-16H,3-4,12,14H2,1-2H3,(H,23,26). The maximum absolute atomic E-state index is 12.5. The Bertz CT molecular complexity index is 890. The number of hydrogen-bond donors (Lipinski definition) is 1. The SMILES string of the molecule is CCOc1ccc(C(=O)NCCc2ccc(-n3cccn3)cc2)cc1OCC. The van der Waals surface area contributed by atoms with Gasteiger partial charge in [-0.25, -0.2) is 4.68 Å². The first kappa shape index (κ1) is 19.5. The molecule has 6 nitrogen and oxygen atoms in total. The van der Waals surface area contributed by atoms with Gasteiger partial charge in [0.05, 0.1) is 18.9 Å². The van der Waals surface area contributed by atoms with Crippen LogP contribution in [0.15, 0.2) is 60.9 Å². The average Bonchev–Trinajstić information content (AvgIpc) is 3.25. The topological polar surface area (TPSA) is 65.4 Å². The number of rotatable bonds is 9. The number of amides is 1. The largest absolute Gasteiger partial charge is 0.490 e. The van der Waals surface area contributed by atoms with Crippen LogP contribution in [0.3, 0.4) is 0 Å². The Morgan fingerprint density at radius 1 is 1.04 bits per heavy atom. The quantitative estimate of drug-likeness (QED) is 0.616. The molecule has 1 N–H and O–H groups in total. The lowest BCUT2D eigenvalue weighted by Crippen LogP contribution is -2.25. The lowest BCUT2D eigenvalue weighted by atomic mass is 10.1. The highest BCUT2D eigenvalue weighted by Crippen LogP contribution is 2.28. The molecule has 28 heavy (non-hydrogen) atoms. The van der Waals surface area contributed by atoms with Crippen molar-refractivity contribution in [3.63, 3.8) is 0 Å². The van der Waals surface area contributed by atoms with Crippen LogP contribution in [-0.4, -0.2) is 35.4 Å². The maximum atomic E-state index is 12.5. The van der Waals surface area contributed by atoms with Crippen LogP contribution < -0.4 is 14.8 Å². The van der Waals surface area contributed by atoms with Gasteiger partial charge in [-0.05, 0) is 62.2 Å². The molecule has 1 aromatic heterocycles. The van der Waals surface area contributed by atoms with Gasteiger partial charge in [0.2, 0.25) is 0 Å². The summed E-state index contributed by atoms with van der Waals surface area (Å²) in [6, 6.07) is 15.3. The third kappa shape index (κ3) is 4.91. The molecule has 1 amide bonds. The minimum absolute atomic E-state index is 0.128. The van der Waals surface area contributed by atoms with Gasteiger partial charge in [-0.2, -0.15) is 5.10 Å². The van der Waals surface area contributed by atoms with E-state index in [0.29, 0.717) is 36.8 Å². The summed E-state index contributed by atoms with van der Waals surface area (Å²) in [5, 5.41) is 7.17. The smallest absolute Gasteiger partial charge is 0.251 e. The fraction of sp³-hybridized carbons (Fsp3) is 0.273. The molecule has 146 valence electrons. The Morgan fingerprint density at radius 3 is 2.46 bits per heavy atom. The molecule has 0 atom stereocenters. The first-order valence-electron chi connectivity index (χ1n) is 9.48. The summed E-state index contributed by atoms with van der Waals surface area (Å²) >= 11 is 0. The molecule has 2 aromatic carbocycles. The van der Waals surface area contributed by atoms with Crippen LogP contribution >= 0.6 is 0 Å². The summed E-state index contributed by atoms with van der Waals surface area (Å²) in [6.45, 7) is 5.43. The molecule has 0 saturated carbocycles. The molecule has 6 heteroatoms. The van der Waals surface area contributed by atoms with E-state index in [1.54, 1.807) is 24.4 Å². The molecule has 0 fully saturated rings. The summed E-state index contributed by atoms with van der Waals surface area (Å²) in [4.78, 5) is 12.5. The molecule has 3 aromatic rings. The second kappa shape index (κ2) is 9.60. The number of benzene rings is 2. The Morgan fingerprint density at radius 2 is 1.79 bits per heavy atom. The molecule has 0 aliphatic carbocycles. The van der Waals surface area contributed by atoms with Crippen molar-refractivity contribution >= 4 is 5.91 Å². The molecule has 1 heterocycles. The van der Waals surface area contributed by atoms with Crippen molar-refractivity contribution in [3.05, 3.63) is 72.1 Å². The molecule has 0 radical (unpaired) electrons. The van der Waals surface area contributed by atoms with Crippen LogP contribution in [0.25, 0.3) is 5.69 Å². The van der Waals surface area contributed by atoms with E-state index in [1.807, 2.05) is 55.1 Å². The summed E-state index contributed by atoms with van der Waals surface area (Å²) in [5.41, 5.74) is 2.72. The Labute approximate surface area is 165 Å². The monoisotopic (exact) mass is 379 g/mol. The van der Waals surface area contributed by atoms with Crippen molar-refractivity contribution in [2.75, 3.05) is 19.8 Å². The molecule has 0 spiro atoms. The van der Waals surface area contributed by atoms with Gasteiger partial charge in [0.25, 0.3) is 5.91 Å².